The molecule has 0 rings (SSSR count). The summed E-state index contributed by atoms with van der Waals surface area (Å²) in [6, 6.07) is 0. The Morgan fingerprint density at radius 2 is 0.900 bits per heavy atom. The van der Waals surface area contributed by atoms with Gasteiger partial charge in [-0.2, -0.15) is 17.6 Å². The summed E-state index contributed by atoms with van der Waals surface area (Å²) in [6.07, 6.45) is 0. The monoisotopic (exact) mass is 300 g/mol. The van der Waals surface area contributed by atoms with Gasteiger partial charge in [-0.05, 0) is 27.7 Å². The standard InChI is InChI=1S/C12H20F4N2O2/c1-5-17(6-2)9(19)11(13,14)12(15,16)10(20)18(7-3)8-4/h5-8H2,1-4H3. The third kappa shape index (κ3) is 3.21. The van der Waals surface area contributed by atoms with Crippen molar-refractivity contribution in [2.24, 2.45) is 0 Å². The molecule has 0 heterocycles. The zero-order valence-electron chi connectivity index (χ0n) is 12.1. The number of nitrogens with zero attached hydrogens (tertiary/aromatic N) is 2. The summed E-state index contributed by atoms with van der Waals surface area (Å²) in [5, 5.41) is 0. The topological polar surface area (TPSA) is 40.6 Å². The van der Waals surface area contributed by atoms with E-state index in [9.17, 15) is 27.2 Å². The number of hydrogen-bond donors (Lipinski definition) is 0. The number of hydrogen-bond acceptors (Lipinski definition) is 2. The summed E-state index contributed by atoms with van der Waals surface area (Å²) >= 11 is 0. The minimum atomic E-state index is -5.06. The first-order valence-corrected chi connectivity index (χ1v) is 6.45. The molecule has 0 radical (unpaired) electrons. The molecule has 20 heavy (non-hydrogen) atoms. The molecule has 0 saturated carbocycles. The Kier molecular flexibility index (Phi) is 6.43. The van der Waals surface area contributed by atoms with E-state index < -0.39 is 23.7 Å². The number of carbonyl (C=O) groups is 2. The highest BCUT2D eigenvalue weighted by Gasteiger charge is 2.68. The van der Waals surface area contributed by atoms with Gasteiger partial charge in [-0.3, -0.25) is 9.59 Å². The zero-order valence-corrected chi connectivity index (χ0v) is 12.1. The quantitative estimate of drug-likeness (QED) is 0.675. The molecule has 2 amide bonds. The largest absolute Gasteiger partial charge is 0.395 e. The van der Waals surface area contributed by atoms with E-state index in [1.54, 1.807) is 0 Å². The maximum absolute atomic E-state index is 13.7. The Hall–Kier alpha value is -1.34. The molecule has 0 aromatic carbocycles. The van der Waals surface area contributed by atoms with Crippen LogP contribution in [0.15, 0.2) is 0 Å². The normalized spacial score (nSPS) is 12.2. The smallest absolute Gasteiger partial charge is 0.338 e. The number of amides is 2. The molecular formula is C12H20F4N2O2. The molecule has 118 valence electrons. The van der Waals surface area contributed by atoms with Crippen LogP contribution in [0.25, 0.3) is 0 Å². The van der Waals surface area contributed by atoms with Gasteiger partial charge in [0.15, 0.2) is 0 Å². The number of alkyl halides is 4. The van der Waals surface area contributed by atoms with Crippen LogP contribution < -0.4 is 0 Å². The van der Waals surface area contributed by atoms with Crippen molar-refractivity contribution in [1.29, 1.82) is 0 Å². The van der Waals surface area contributed by atoms with Crippen LogP contribution in [0.2, 0.25) is 0 Å². The lowest BCUT2D eigenvalue weighted by atomic mass is 10.1. The highest BCUT2D eigenvalue weighted by Crippen LogP contribution is 2.37. The summed E-state index contributed by atoms with van der Waals surface area (Å²) in [5.41, 5.74) is 0. The molecule has 0 atom stereocenters. The third-order valence-electron chi connectivity index (χ3n) is 3.03. The summed E-state index contributed by atoms with van der Waals surface area (Å²) in [6.45, 7) is 5.01. The van der Waals surface area contributed by atoms with Gasteiger partial charge in [0, 0.05) is 26.2 Å². The molecule has 8 heteroatoms. The van der Waals surface area contributed by atoms with Crippen molar-refractivity contribution in [2.45, 2.75) is 39.5 Å². The first-order chi connectivity index (χ1) is 9.11. The van der Waals surface area contributed by atoms with E-state index in [-0.39, 0.29) is 26.2 Å². The maximum Gasteiger partial charge on any atom is 0.395 e. The molecule has 0 aliphatic rings. The van der Waals surface area contributed by atoms with E-state index in [4.69, 9.17) is 0 Å². The average molecular weight is 300 g/mol. The number of halogens is 4. The number of rotatable bonds is 7. The van der Waals surface area contributed by atoms with Gasteiger partial charge in [-0.25, -0.2) is 0 Å². The maximum atomic E-state index is 13.7. The van der Waals surface area contributed by atoms with Crippen LogP contribution in [0.3, 0.4) is 0 Å². The van der Waals surface area contributed by atoms with Crippen molar-refractivity contribution in [1.82, 2.24) is 9.80 Å². The fourth-order valence-electron chi connectivity index (χ4n) is 1.69. The molecule has 0 bridgehead atoms. The van der Waals surface area contributed by atoms with Crippen LogP contribution in [0.5, 0.6) is 0 Å². The fraction of sp³-hybridized carbons (Fsp3) is 0.833. The average Bonchev–Trinajstić information content (AvgIpc) is 2.40. The predicted octanol–water partition coefficient (Wildman–Crippen LogP) is 1.99. The molecule has 0 aliphatic heterocycles. The van der Waals surface area contributed by atoms with E-state index in [1.807, 2.05) is 0 Å². The minimum Gasteiger partial charge on any atom is -0.338 e. The van der Waals surface area contributed by atoms with Gasteiger partial charge in [0.05, 0.1) is 0 Å². The molecule has 4 nitrogen and oxygen atoms in total. The van der Waals surface area contributed by atoms with Crippen LogP contribution >= 0.6 is 0 Å². The lowest BCUT2D eigenvalue weighted by molar-refractivity contribution is -0.223. The third-order valence-corrected chi connectivity index (χ3v) is 3.03. The van der Waals surface area contributed by atoms with E-state index in [0.29, 0.717) is 9.80 Å². The Balaban J connectivity index is 5.44. The van der Waals surface area contributed by atoms with Gasteiger partial charge < -0.3 is 9.80 Å². The van der Waals surface area contributed by atoms with Gasteiger partial charge in [0.1, 0.15) is 0 Å². The molecule has 0 spiro atoms. The van der Waals surface area contributed by atoms with E-state index in [2.05, 4.69) is 0 Å². The molecule has 0 aromatic rings. The van der Waals surface area contributed by atoms with Crippen molar-refractivity contribution >= 4 is 11.8 Å². The van der Waals surface area contributed by atoms with Crippen LogP contribution in [0, 0.1) is 0 Å². The van der Waals surface area contributed by atoms with Gasteiger partial charge >= 0.3 is 11.8 Å². The Morgan fingerprint density at radius 3 is 1.05 bits per heavy atom. The summed E-state index contributed by atoms with van der Waals surface area (Å²) in [5.74, 6) is -14.2. The highest BCUT2D eigenvalue weighted by molar-refractivity contribution is 5.95. The minimum absolute atomic E-state index is 0.138. The molecule has 0 unspecified atom stereocenters. The van der Waals surface area contributed by atoms with Crippen LogP contribution in [0.4, 0.5) is 17.6 Å². The molecule has 0 aromatic heterocycles. The van der Waals surface area contributed by atoms with E-state index >= 15 is 0 Å². The van der Waals surface area contributed by atoms with Gasteiger partial charge in [0.2, 0.25) is 0 Å². The second kappa shape index (κ2) is 6.90. The number of carbonyl (C=O) groups excluding carboxylic acids is 2. The SMILES string of the molecule is CCN(CC)C(=O)C(F)(F)C(F)(F)C(=O)N(CC)CC. The van der Waals surface area contributed by atoms with Gasteiger partial charge in [-0.1, -0.05) is 0 Å². The molecular weight excluding hydrogens is 280 g/mol. The van der Waals surface area contributed by atoms with Gasteiger partial charge in [0.25, 0.3) is 11.8 Å². The lowest BCUT2D eigenvalue weighted by Gasteiger charge is -2.32. The van der Waals surface area contributed by atoms with Gasteiger partial charge in [-0.15, -0.1) is 0 Å². The van der Waals surface area contributed by atoms with Crippen molar-refractivity contribution in [2.75, 3.05) is 26.2 Å². The van der Waals surface area contributed by atoms with Crippen molar-refractivity contribution in [3.63, 3.8) is 0 Å². The van der Waals surface area contributed by atoms with Crippen LogP contribution in [-0.4, -0.2) is 59.6 Å². The zero-order chi connectivity index (χ0) is 16.1. The first-order valence-electron chi connectivity index (χ1n) is 6.45. The van der Waals surface area contributed by atoms with E-state index in [1.165, 1.54) is 27.7 Å². The highest BCUT2D eigenvalue weighted by atomic mass is 19.3. The fourth-order valence-corrected chi connectivity index (χ4v) is 1.69. The summed E-state index contributed by atoms with van der Waals surface area (Å²) in [7, 11) is 0. The molecule has 0 aliphatic carbocycles. The van der Waals surface area contributed by atoms with Crippen LogP contribution in [0.1, 0.15) is 27.7 Å². The Bertz CT molecular complexity index is 319. The summed E-state index contributed by atoms with van der Waals surface area (Å²) < 4.78 is 54.9. The predicted molar refractivity (Wildman–Crippen MR) is 65.8 cm³/mol. The Labute approximate surface area is 115 Å². The summed E-state index contributed by atoms with van der Waals surface area (Å²) in [4.78, 5) is 24.2. The molecule has 0 N–H and O–H groups in total. The van der Waals surface area contributed by atoms with E-state index in [0.717, 1.165) is 0 Å². The first kappa shape index (κ1) is 18.7. The second-order valence-corrected chi connectivity index (χ2v) is 4.10. The van der Waals surface area contributed by atoms with Crippen molar-refractivity contribution in [3.05, 3.63) is 0 Å². The lowest BCUT2D eigenvalue weighted by Crippen LogP contribution is -2.60. The molecule has 0 saturated heterocycles. The molecule has 0 fully saturated rings. The van der Waals surface area contributed by atoms with Crippen molar-refractivity contribution < 1.29 is 27.2 Å². The second-order valence-electron chi connectivity index (χ2n) is 4.10. The van der Waals surface area contributed by atoms with Crippen LogP contribution in [-0.2, 0) is 9.59 Å². The van der Waals surface area contributed by atoms with Crippen molar-refractivity contribution in [3.8, 4) is 0 Å². The Morgan fingerprint density at radius 1 is 0.700 bits per heavy atom.